The van der Waals surface area contributed by atoms with E-state index in [2.05, 4.69) is 113 Å². The molecule has 36 heavy (non-hydrogen) atoms. The maximum absolute atomic E-state index is 2.43. The fourth-order valence-electron chi connectivity index (χ4n) is 5.46. The van der Waals surface area contributed by atoms with Crippen LogP contribution in [-0.4, -0.2) is 0 Å². The molecule has 0 heteroatoms. The number of benzene rings is 3. The highest BCUT2D eigenvalue weighted by Gasteiger charge is 2.22. The van der Waals surface area contributed by atoms with Gasteiger partial charge in [-0.1, -0.05) is 134 Å². The van der Waals surface area contributed by atoms with Crippen molar-refractivity contribution in [3.05, 3.63) is 107 Å². The molecule has 0 aliphatic rings. The first-order valence-corrected chi connectivity index (χ1v) is 14.3. The van der Waals surface area contributed by atoms with E-state index < -0.39 is 0 Å². The van der Waals surface area contributed by atoms with Crippen molar-refractivity contribution in [2.45, 2.75) is 117 Å². The average Bonchev–Trinajstić information content (AvgIpc) is 2.91. The van der Waals surface area contributed by atoms with E-state index >= 15 is 0 Å². The molecule has 4 unspecified atom stereocenters. The number of aryl methyl sites for hydroxylation is 1. The maximum Gasteiger partial charge on any atom is -0.0150 e. The molecule has 0 bridgehead atoms. The van der Waals surface area contributed by atoms with Crippen LogP contribution in [0, 0.1) is 0 Å². The number of hydrogen-bond donors (Lipinski definition) is 0. The lowest BCUT2D eigenvalue weighted by Crippen LogP contribution is -2.10. The van der Waals surface area contributed by atoms with E-state index in [0.29, 0.717) is 23.7 Å². The van der Waals surface area contributed by atoms with Crippen molar-refractivity contribution < 1.29 is 0 Å². The zero-order valence-electron chi connectivity index (χ0n) is 23.0. The van der Waals surface area contributed by atoms with Crippen LogP contribution < -0.4 is 0 Å². The van der Waals surface area contributed by atoms with Crippen LogP contribution in [0.1, 0.15) is 138 Å². The summed E-state index contributed by atoms with van der Waals surface area (Å²) in [5.74, 6) is 2.35. The van der Waals surface area contributed by atoms with Crippen LogP contribution in [0.3, 0.4) is 0 Å². The lowest BCUT2D eigenvalue weighted by molar-refractivity contribution is 0.467. The molecule has 0 aliphatic carbocycles. The second-order valence-corrected chi connectivity index (χ2v) is 10.8. The Bertz CT molecular complexity index is 951. The largest absolute Gasteiger partial charge is 0.0776 e. The molecule has 0 nitrogen and oxygen atoms in total. The molecule has 0 saturated heterocycles. The lowest BCUT2D eigenvalue weighted by atomic mass is 9.78. The molecule has 0 saturated carbocycles. The molecule has 0 heterocycles. The van der Waals surface area contributed by atoms with Gasteiger partial charge < -0.3 is 0 Å². The van der Waals surface area contributed by atoms with Gasteiger partial charge in [-0.25, -0.2) is 0 Å². The normalized spacial score (nSPS) is 14.5. The highest BCUT2D eigenvalue weighted by Crippen LogP contribution is 2.38. The molecule has 3 rings (SSSR count). The predicted molar refractivity (Wildman–Crippen MR) is 161 cm³/mol. The van der Waals surface area contributed by atoms with Gasteiger partial charge in [0.2, 0.25) is 0 Å². The minimum atomic E-state index is 0. The first-order chi connectivity index (χ1) is 17.0. The molecule has 3 aromatic carbocycles. The molecule has 196 valence electrons. The fraction of sp³-hybridized carbons (Fsp3) is 0.500. The van der Waals surface area contributed by atoms with Crippen LogP contribution >= 0.6 is 0 Å². The van der Waals surface area contributed by atoms with Crippen molar-refractivity contribution in [2.24, 2.45) is 0 Å². The van der Waals surface area contributed by atoms with E-state index in [-0.39, 0.29) is 7.43 Å². The zero-order valence-corrected chi connectivity index (χ0v) is 23.0. The Morgan fingerprint density at radius 3 is 1.64 bits per heavy atom. The zero-order chi connectivity index (χ0) is 25.0. The third-order valence-corrected chi connectivity index (χ3v) is 8.18. The Hall–Kier alpha value is -2.34. The maximum atomic E-state index is 2.43. The molecule has 0 fully saturated rings. The van der Waals surface area contributed by atoms with Crippen molar-refractivity contribution in [3.63, 3.8) is 0 Å². The van der Waals surface area contributed by atoms with Crippen LogP contribution in [0.15, 0.2) is 78.9 Å². The van der Waals surface area contributed by atoms with Crippen LogP contribution in [0.4, 0.5) is 0 Å². The third-order valence-electron chi connectivity index (χ3n) is 8.18. The average molecular weight is 485 g/mol. The second kappa shape index (κ2) is 15.7. The quantitative estimate of drug-likeness (QED) is 0.200. The monoisotopic (exact) mass is 484 g/mol. The van der Waals surface area contributed by atoms with E-state index in [1.807, 2.05) is 0 Å². The Kier molecular flexibility index (Phi) is 13.0. The van der Waals surface area contributed by atoms with Gasteiger partial charge in [0.05, 0.1) is 0 Å². The smallest absolute Gasteiger partial charge is 0.0150 e. The fourth-order valence-corrected chi connectivity index (χ4v) is 5.46. The van der Waals surface area contributed by atoms with Crippen molar-refractivity contribution in [1.82, 2.24) is 0 Å². The highest BCUT2D eigenvalue weighted by atomic mass is 14.3. The molecular weight excluding hydrogens is 432 g/mol. The van der Waals surface area contributed by atoms with E-state index in [9.17, 15) is 0 Å². The molecule has 4 atom stereocenters. The SMILES string of the molecule is C.CCCCCc1ccc(C(CC(C)c2ccc(C(C)CC)cc2)CC(CC)c2ccccc2)cc1. The van der Waals surface area contributed by atoms with Crippen molar-refractivity contribution in [3.8, 4) is 0 Å². The number of hydrogen-bond acceptors (Lipinski definition) is 0. The summed E-state index contributed by atoms with van der Waals surface area (Å²) in [4.78, 5) is 0. The van der Waals surface area contributed by atoms with Gasteiger partial charge in [-0.2, -0.15) is 0 Å². The van der Waals surface area contributed by atoms with Gasteiger partial charge in [-0.05, 0) is 90.0 Å². The topological polar surface area (TPSA) is 0 Å². The third kappa shape index (κ3) is 8.65. The van der Waals surface area contributed by atoms with Crippen LogP contribution in [0.2, 0.25) is 0 Å². The summed E-state index contributed by atoms with van der Waals surface area (Å²) in [6.45, 7) is 11.7. The molecule has 0 spiro atoms. The molecule has 0 radical (unpaired) electrons. The molecule has 0 aliphatic heterocycles. The second-order valence-electron chi connectivity index (χ2n) is 10.8. The number of unbranched alkanes of at least 4 members (excludes halogenated alkanes) is 2. The first kappa shape index (κ1) is 29.9. The van der Waals surface area contributed by atoms with E-state index in [1.54, 1.807) is 0 Å². The minimum absolute atomic E-state index is 0. The molecule has 3 aromatic rings. The molecule has 0 amide bonds. The van der Waals surface area contributed by atoms with E-state index in [1.165, 1.54) is 79.2 Å². The molecule has 0 N–H and O–H groups in total. The Morgan fingerprint density at radius 2 is 1.08 bits per heavy atom. The standard InChI is InChI=1S/C35H48.CH4/c1-6-9-11-14-29-17-19-34(20-18-29)35(26-30(8-3)33-15-12-10-13-16-33)25-28(5)32-23-21-31(22-24-32)27(4)7-2;/h10,12-13,15-24,27-28,30,35H,6-9,11,14,25-26H2,1-5H3;1H4. The van der Waals surface area contributed by atoms with Crippen LogP contribution in [0.25, 0.3) is 0 Å². The highest BCUT2D eigenvalue weighted by molar-refractivity contribution is 5.30. The summed E-state index contributed by atoms with van der Waals surface area (Å²) >= 11 is 0. The lowest BCUT2D eigenvalue weighted by Gasteiger charge is -2.27. The summed E-state index contributed by atoms with van der Waals surface area (Å²) in [5.41, 5.74) is 7.44. The molecule has 0 aromatic heterocycles. The summed E-state index contributed by atoms with van der Waals surface area (Å²) < 4.78 is 0. The summed E-state index contributed by atoms with van der Waals surface area (Å²) in [5, 5.41) is 0. The summed E-state index contributed by atoms with van der Waals surface area (Å²) in [6.07, 6.45) is 9.92. The predicted octanol–water partition coefficient (Wildman–Crippen LogP) is 11.4. The van der Waals surface area contributed by atoms with Gasteiger partial charge >= 0.3 is 0 Å². The van der Waals surface area contributed by atoms with E-state index in [0.717, 1.165) is 0 Å². The summed E-state index contributed by atoms with van der Waals surface area (Å²) in [6, 6.07) is 30.3. The van der Waals surface area contributed by atoms with Crippen molar-refractivity contribution in [2.75, 3.05) is 0 Å². The van der Waals surface area contributed by atoms with Gasteiger partial charge in [0.1, 0.15) is 0 Å². The van der Waals surface area contributed by atoms with Gasteiger partial charge in [0, 0.05) is 0 Å². The van der Waals surface area contributed by atoms with Crippen LogP contribution in [-0.2, 0) is 6.42 Å². The van der Waals surface area contributed by atoms with Crippen LogP contribution in [0.5, 0.6) is 0 Å². The Morgan fingerprint density at radius 1 is 0.528 bits per heavy atom. The van der Waals surface area contributed by atoms with Crippen molar-refractivity contribution >= 4 is 0 Å². The van der Waals surface area contributed by atoms with Gasteiger partial charge in [-0.15, -0.1) is 0 Å². The minimum Gasteiger partial charge on any atom is -0.0776 e. The summed E-state index contributed by atoms with van der Waals surface area (Å²) in [7, 11) is 0. The van der Waals surface area contributed by atoms with Gasteiger partial charge in [0.25, 0.3) is 0 Å². The van der Waals surface area contributed by atoms with Crippen molar-refractivity contribution in [1.29, 1.82) is 0 Å². The van der Waals surface area contributed by atoms with Gasteiger partial charge in [-0.3, -0.25) is 0 Å². The first-order valence-electron chi connectivity index (χ1n) is 14.3. The van der Waals surface area contributed by atoms with E-state index in [4.69, 9.17) is 0 Å². The Labute approximate surface area is 223 Å². The number of rotatable bonds is 14. The van der Waals surface area contributed by atoms with Gasteiger partial charge in [0.15, 0.2) is 0 Å². The Balaban J connectivity index is 0.00000456. The molecular formula is C36H52.